The number of hydrogen-bond donors (Lipinski definition) is 2. The van der Waals surface area contributed by atoms with Gasteiger partial charge in [-0.05, 0) is 0 Å². The average molecular weight is 121 g/mol. The van der Waals surface area contributed by atoms with E-state index in [0.29, 0.717) is 0 Å². The second-order valence-electron chi connectivity index (χ2n) is 0. The van der Waals surface area contributed by atoms with E-state index in [2.05, 4.69) is 0 Å². The van der Waals surface area contributed by atoms with Crippen molar-refractivity contribution in [1.29, 1.82) is 0 Å². The van der Waals surface area contributed by atoms with Crippen molar-refractivity contribution in [2.24, 2.45) is 0 Å². The molecule has 0 saturated carbocycles. The molecule has 0 radical (unpaired) electrons. The van der Waals surface area contributed by atoms with Crippen LogP contribution >= 0.6 is 0 Å². The van der Waals surface area contributed by atoms with E-state index in [1.54, 1.807) is 0 Å². The minimum absolute atomic E-state index is 0. The van der Waals surface area contributed by atoms with E-state index in [0.717, 1.165) is 7.11 Å². The van der Waals surface area contributed by atoms with Crippen molar-refractivity contribution in [2.75, 3.05) is 7.11 Å². The van der Waals surface area contributed by atoms with E-state index in [1.807, 2.05) is 0 Å². The van der Waals surface area contributed by atoms with E-state index in [-0.39, 0.29) is 30.2 Å². The van der Waals surface area contributed by atoms with Crippen LogP contribution in [0, 0.1) is 0 Å². The summed E-state index contributed by atoms with van der Waals surface area (Å²) in [7, 11) is 0.750. The normalized spacial score (nSPS) is 1.00. The Kier molecular flexibility index (Phi) is 109000. The SMILES string of the molecule is C[O-].O.[Cl-].[NH4+].[NH4+]. The number of quaternary nitrogens is 2. The van der Waals surface area contributed by atoms with Crippen molar-refractivity contribution in [3.63, 3.8) is 0 Å². The predicted molar refractivity (Wildman–Crippen MR) is 21.5 cm³/mol. The summed E-state index contributed by atoms with van der Waals surface area (Å²) in [5, 5.41) is 8.25. The van der Waals surface area contributed by atoms with Gasteiger partial charge in [-0.25, -0.2) is 0 Å². The Morgan fingerprint density at radius 1 is 1.00 bits per heavy atom. The maximum Gasteiger partial charge on any atom is -0.153 e. The molecule has 0 bridgehead atoms. The topological polar surface area (TPSA) is 128 Å². The molecule has 10 N–H and O–H groups in total. The number of halogens is 1. The summed E-state index contributed by atoms with van der Waals surface area (Å²) in [6, 6.07) is 0. The van der Waals surface area contributed by atoms with Crippen molar-refractivity contribution in [3.05, 3.63) is 0 Å². The minimum Gasteiger partial charge on any atom is -1.00 e. The fourth-order valence-electron chi connectivity index (χ4n) is 0. The van der Waals surface area contributed by atoms with Crippen LogP contribution in [-0.4, -0.2) is 12.6 Å². The molecule has 0 aromatic carbocycles. The lowest BCUT2D eigenvalue weighted by molar-refractivity contribution is -0.325. The van der Waals surface area contributed by atoms with Gasteiger partial charge in [0, 0.05) is 0 Å². The van der Waals surface area contributed by atoms with E-state index < -0.39 is 0 Å². The first-order valence-corrected chi connectivity index (χ1v) is 0.408. The van der Waals surface area contributed by atoms with Gasteiger partial charge in [-0.3, -0.25) is 0 Å². The summed E-state index contributed by atoms with van der Waals surface area (Å²) in [4.78, 5) is 0. The fraction of sp³-hybridized carbons (Fsp3) is 1.00. The molecule has 6 heavy (non-hydrogen) atoms. The molecule has 5 heteroatoms. The Hall–Kier alpha value is 0.130. The first kappa shape index (κ1) is 126. The number of hydrogen-bond acceptors (Lipinski definition) is 1. The minimum atomic E-state index is 0. The molecule has 0 amide bonds. The highest BCUT2D eigenvalue weighted by Gasteiger charge is 0.555. The Balaban J connectivity index is -0.000000000833. The molecule has 0 heterocycles. The van der Waals surface area contributed by atoms with Gasteiger partial charge in [-0.15, -0.1) is 0 Å². The molecule has 46 valence electrons. The van der Waals surface area contributed by atoms with Crippen LogP contribution in [0.2, 0.25) is 0 Å². The van der Waals surface area contributed by atoms with Crippen LogP contribution in [-0.2, 0) is 0 Å². The third-order valence-corrected chi connectivity index (χ3v) is 0. The van der Waals surface area contributed by atoms with Gasteiger partial charge in [-0.2, -0.15) is 7.11 Å². The van der Waals surface area contributed by atoms with Crippen molar-refractivity contribution in [2.45, 2.75) is 0 Å². The van der Waals surface area contributed by atoms with Crippen LogP contribution in [0.1, 0.15) is 0 Å². The summed E-state index contributed by atoms with van der Waals surface area (Å²) >= 11 is 0. The lowest BCUT2D eigenvalue weighted by Gasteiger charge is -1.57. The second kappa shape index (κ2) is 5180. The van der Waals surface area contributed by atoms with Crippen LogP contribution in [0.25, 0.3) is 0 Å². The summed E-state index contributed by atoms with van der Waals surface area (Å²) in [6.45, 7) is 0. The van der Waals surface area contributed by atoms with Gasteiger partial charge in [0.15, 0.2) is 0 Å². The van der Waals surface area contributed by atoms with Gasteiger partial charge in [-0.1, -0.05) is 0 Å². The molecule has 0 spiro atoms. The van der Waals surface area contributed by atoms with Crippen molar-refractivity contribution < 1.29 is 23.0 Å². The van der Waals surface area contributed by atoms with Crippen LogP contribution in [0.3, 0.4) is 0 Å². The summed E-state index contributed by atoms with van der Waals surface area (Å²) < 4.78 is 0. The molecule has 0 atom stereocenters. The Morgan fingerprint density at radius 3 is 1.00 bits per heavy atom. The summed E-state index contributed by atoms with van der Waals surface area (Å²) in [6.07, 6.45) is 0. The molecule has 0 aromatic rings. The Morgan fingerprint density at radius 2 is 1.00 bits per heavy atom. The monoisotopic (exact) mass is 120 g/mol. The maximum atomic E-state index is 8.25. The highest BCUT2D eigenvalue weighted by molar-refractivity contribution is 3.08. The van der Waals surface area contributed by atoms with Crippen LogP contribution in [0.4, 0.5) is 0 Å². The first-order chi connectivity index (χ1) is 1.00. The van der Waals surface area contributed by atoms with Gasteiger partial charge < -0.3 is 35.3 Å². The fourth-order valence-corrected chi connectivity index (χ4v) is 0. The van der Waals surface area contributed by atoms with Gasteiger partial charge in [0.25, 0.3) is 0 Å². The smallest absolute Gasteiger partial charge is 0.153 e. The van der Waals surface area contributed by atoms with E-state index >= 15 is 0 Å². The van der Waals surface area contributed by atoms with Crippen molar-refractivity contribution in [1.82, 2.24) is 12.3 Å². The molecule has 0 fully saturated rings. The lowest BCUT2D eigenvalue weighted by Crippen LogP contribution is -3.00. The molecule has 0 aliphatic rings. The van der Waals surface area contributed by atoms with Gasteiger partial charge in [0.2, 0.25) is 0 Å². The molecular weight excluding hydrogens is 107 g/mol. The predicted octanol–water partition coefficient (Wildman–Crippen LogP) is -4.09. The standard InChI is InChI=1S/CH3O.ClH.2H3N.H2O/c1-2;;;;/h1H3;1H;2*1H3;1H2/q-1;;;;/p+1. The van der Waals surface area contributed by atoms with Crippen molar-refractivity contribution >= 4 is 0 Å². The molecule has 0 saturated heterocycles. The third-order valence-electron chi connectivity index (χ3n) is 0. The second-order valence-corrected chi connectivity index (χ2v) is 0. The molecule has 0 aromatic heterocycles. The summed E-state index contributed by atoms with van der Waals surface area (Å²) in [5.74, 6) is 0. The number of rotatable bonds is 0. The van der Waals surface area contributed by atoms with Crippen LogP contribution in [0.5, 0.6) is 0 Å². The highest BCUT2D eigenvalue weighted by atomic mass is 35.5. The molecule has 4 nitrogen and oxygen atoms in total. The molecule has 0 rings (SSSR count). The summed E-state index contributed by atoms with van der Waals surface area (Å²) in [5.41, 5.74) is 0. The zero-order valence-corrected chi connectivity index (χ0v) is 5.04. The van der Waals surface area contributed by atoms with E-state index in [1.165, 1.54) is 0 Å². The quantitative estimate of drug-likeness (QED) is 0.331. The zero-order valence-electron chi connectivity index (χ0n) is 4.29. The van der Waals surface area contributed by atoms with Gasteiger partial charge >= 0.3 is 0 Å². The average Bonchev–Trinajstić information content (AvgIpc) is 1.00. The Bertz CT molecular complexity index is 11.5. The molecule has 0 unspecified atom stereocenters. The lowest BCUT2D eigenvalue weighted by atomic mass is 11.8. The van der Waals surface area contributed by atoms with Gasteiger partial charge in [0.05, 0.1) is 0 Å². The maximum absolute atomic E-state index is 8.25. The molecular formula is CH13ClN2O2. The highest BCUT2D eigenvalue weighted by Crippen LogP contribution is 0.419. The molecule has 0 aliphatic heterocycles. The third kappa shape index (κ3) is 2390. The first-order valence-electron chi connectivity index (χ1n) is 0.408. The van der Waals surface area contributed by atoms with Crippen LogP contribution in [0.15, 0.2) is 0 Å². The Labute approximate surface area is 43.4 Å². The zero-order chi connectivity index (χ0) is 2.00. The van der Waals surface area contributed by atoms with Crippen molar-refractivity contribution in [3.8, 4) is 0 Å². The largest absolute Gasteiger partial charge is 1.00 e. The van der Waals surface area contributed by atoms with Crippen LogP contribution < -0.4 is 29.8 Å². The van der Waals surface area contributed by atoms with E-state index in [4.69, 9.17) is 5.11 Å². The van der Waals surface area contributed by atoms with E-state index in [9.17, 15) is 0 Å². The van der Waals surface area contributed by atoms with Gasteiger partial charge in [0.1, 0.15) is 0 Å². The molecule has 0 aliphatic carbocycles.